The third kappa shape index (κ3) is 11.3. The van der Waals surface area contributed by atoms with Crippen molar-refractivity contribution in [1.82, 2.24) is 0 Å². The van der Waals surface area contributed by atoms with Crippen LogP contribution in [0.4, 0.5) is 0 Å². The van der Waals surface area contributed by atoms with E-state index in [1.54, 1.807) is 0 Å². The van der Waals surface area contributed by atoms with Crippen molar-refractivity contribution in [3.05, 3.63) is 36.0 Å². The molecular formula is C59H92O16. The maximum absolute atomic E-state index is 12.4. The van der Waals surface area contributed by atoms with E-state index in [9.17, 15) is 30.3 Å². The first-order chi connectivity index (χ1) is 35.5. The van der Waals surface area contributed by atoms with Gasteiger partial charge in [0.05, 0.1) is 127 Å². The van der Waals surface area contributed by atoms with Gasteiger partial charge in [-0.05, 0) is 116 Å². The van der Waals surface area contributed by atoms with Gasteiger partial charge in [-0.1, -0.05) is 58.1 Å². The van der Waals surface area contributed by atoms with Crippen molar-refractivity contribution in [3.8, 4) is 0 Å². The number of hydrogen-bond acceptors (Lipinski definition) is 15. The molecule has 10 heterocycles. The summed E-state index contributed by atoms with van der Waals surface area (Å²) in [6.07, 6.45) is 6.94. The van der Waals surface area contributed by atoms with Crippen LogP contribution in [0.2, 0.25) is 0 Å². The lowest BCUT2D eigenvalue weighted by Crippen LogP contribution is -2.74. The van der Waals surface area contributed by atoms with Crippen LogP contribution in [0.3, 0.4) is 0 Å². The standard InChI is InChI=1S/C59H92O16/c1-30(18-31(2)28-60)19-42-33(4)21-48-56(7,74-42)27-46-54(71-48)55(65)59(10)50(69-46)26-45-53(75-59)32(3)12-11-13-40-39(67-45)16-17-47-57(8,72-40)29-58(9)49(70-47)25-44-41(73-58)15-14-38(62)43(68-44)24-36(61)23-37-20-34(5)52(66-37)35(6)22-51(63)64/h11-12,18,31-32,34-50,52-55,60-62,65H,4,13-17,19-29H2,1-3,5-10H3,(H,63,64). The predicted octanol–water partition coefficient (Wildman–Crippen LogP) is 6.84. The van der Waals surface area contributed by atoms with Gasteiger partial charge in [0, 0.05) is 44.6 Å². The average molecular weight is 1060 g/mol. The molecule has 0 aromatic rings. The molecule has 0 bridgehead atoms. The zero-order valence-corrected chi connectivity index (χ0v) is 46.3. The Hall–Kier alpha value is -1.87. The highest BCUT2D eigenvalue weighted by Gasteiger charge is 2.65. The van der Waals surface area contributed by atoms with Gasteiger partial charge >= 0.3 is 5.97 Å². The fraction of sp³-hybridized carbons (Fsp3) is 0.881. The molecule has 0 radical (unpaired) electrons. The van der Waals surface area contributed by atoms with E-state index in [0.717, 1.165) is 17.6 Å². The zero-order valence-electron chi connectivity index (χ0n) is 46.3. The van der Waals surface area contributed by atoms with Crippen LogP contribution in [0.25, 0.3) is 0 Å². The number of fused-ring (bicyclic) bond motifs is 8. The Balaban J connectivity index is 0.787. The third-order valence-corrected chi connectivity index (χ3v) is 19.8. The number of ether oxygens (including phenoxy) is 10. The Morgan fingerprint density at radius 1 is 0.773 bits per heavy atom. The van der Waals surface area contributed by atoms with Gasteiger partial charge in [-0.15, -0.1) is 0 Å². The highest BCUT2D eigenvalue weighted by molar-refractivity contribution is 5.67. The molecule has 27 atom stereocenters. The van der Waals surface area contributed by atoms with E-state index in [2.05, 4.69) is 66.3 Å². The van der Waals surface area contributed by atoms with E-state index in [1.807, 2.05) is 20.8 Å². The maximum Gasteiger partial charge on any atom is 0.303 e. The molecule has 10 aliphatic rings. The largest absolute Gasteiger partial charge is 0.481 e. The minimum Gasteiger partial charge on any atom is -0.481 e. The molecule has 10 rings (SSSR count). The lowest BCUT2D eigenvalue weighted by atomic mass is 9.72. The molecule has 9 fully saturated rings. The Bertz CT molecular complexity index is 2100. The summed E-state index contributed by atoms with van der Waals surface area (Å²) in [6.45, 7) is 23.1. The maximum atomic E-state index is 12.4. The van der Waals surface area contributed by atoms with Crippen molar-refractivity contribution in [2.75, 3.05) is 6.61 Å². The minimum atomic E-state index is -1.05. The normalized spacial score (nSPS) is 51.2. The Morgan fingerprint density at radius 3 is 2.27 bits per heavy atom. The second kappa shape index (κ2) is 21.9. The van der Waals surface area contributed by atoms with Crippen LogP contribution in [0.1, 0.15) is 159 Å². The van der Waals surface area contributed by atoms with Crippen molar-refractivity contribution >= 4 is 5.97 Å². The number of carboxylic acid groups (broad SMARTS) is 1. The second-order valence-corrected chi connectivity index (χ2v) is 26.3. The first-order valence-corrected chi connectivity index (χ1v) is 29.0. The number of carbonyl (C=O) groups is 1. The first-order valence-electron chi connectivity index (χ1n) is 29.0. The number of aliphatic hydroxyl groups is 4. The quantitative estimate of drug-likeness (QED) is 0.134. The summed E-state index contributed by atoms with van der Waals surface area (Å²) in [5, 5.41) is 54.2. The average Bonchev–Trinajstić information content (AvgIpc) is 3.59. The fourth-order valence-electron chi connectivity index (χ4n) is 15.8. The molecule has 16 heteroatoms. The van der Waals surface area contributed by atoms with Crippen LogP contribution >= 0.6 is 0 Å². The van der Waals surface area contributed by atoms with Crippen molar-refractivity contribution in [1.29, 1.82) is 0 Å². The molecule has 27 unspecified atom stereocenters. The van der Waals surface area contributed by atoms with Gasteiger partial charge in [-0.3, -0.25) is 4.79 Å². The lowest BCUT2D eigenvalue weighted by Gasteiger charge is -2.61. The number of hydrogen-bond donors (Lipinski definition) is 5. The molecule has 0 spiro atoms. The molecule has 0 saturated carbocycles. The molecule has 5 N–H and O–H groups in total. The van der Waals surface area contributed by atoms with Gasteiger partial charge in [0.1, 0.15) is 17.8 Å². The van der Waals surface area contributed by atoms with Gasteiger partial charge in [0.2, 0.25) is 0 Å². The molecule has 10 aliphatic heterocycles. The Labute approximate surface area is 445 Å². The highest BCUT2D eigenvalue weighted by Crippen LogP contribution is 2.54. The van der Waals surface area contributed by atoms with E-state index >= 15 is 0 Å². The van der Waals surface area contributed by atoms with Crippen LogP contribution in [-0.2, 0) is 52.2 Å². The molecule has 424 valence electrons. The van der Waals surface area contributed by atoms with Gasteiger partial charge < -0.3 is 72.9 Å². The Kier molecular flexibility index (Phi) is 16.5. The van der Waals surface area contributed by atoms with Crippen LogP contribution in [0, 0.1) is 23.7 Å². The fourth-order valence-corrected chi connectivity index (χ4v) is 15.8. The number of aliphatic carboxylic acids is 1. The number of rotatable bonds is 11. The van der Waals surface area contributed by atoms with E-state index in [-0.39, 0.29) is 116 Å². The zero-order chi connectivity index (χ0) is 53.5. The smallest absolute Gasteiger partial charge is 0.303 e. The first kappa shape index (κ1) is 56.4. The number of carboxylic acids is 1. The SMILES string of the molecule is C=C1CC2OC3C(CC2(C)OC1CC(C)=CC(C)CO)OC1CC2OC4CCC5OC6CC7OC(CC(O)CC8CC(C)C(C(C)CC(=O)O)O8)C(O)CCC7OC6(C)CC5(C)OC4CC=CC(C)C2OC1(C)C3O. The summed E-state index contributed by atoms with van der Waals surface area (Å²) < 4.78 is 69.8. The van der Waals surface area contributed by atoms with Crippen molar-refractivity contribution < 1.29 is 77.7 Å². The van der Waals surface area contributed by atoms with Gasteiger partial charge in [0.25, 0.3) is 0 Å². The van der Waals surface area contributed by atoms with Crippen LogP contribution in [-0.4, -0.2) is 176 Å². The molecule has 75 heavy (non-hydrogen) atoms. The number of aliphatic hydroxyl groups excluding tert-OH is 4. The van der Waals surface area contributed by atoms with E-state index in [1.165, 1.54) is 0 Å². The molecule has 9 saturated heterocycles. The van der Waals surface area contributed by atoms with Crippen LogP contribution in [0.15, 0.2) is 36.0 Å². The van der Waals surface area contributed by atoms with E-state index in [0.29, 0.717) is 77.0 Å². The van der Waals surface area contributed by atoms with Crippen molar-refractivity contribution in [3.63, 3.8) is 0 Å². The Morgan fingerprint density at radius 2 is 1.51 bits per heavy atom. The third-order valence-electron chi connectivity index (χ3n) is 19.8. The van der Waals surface area contributed by atoms with Crippen molar-refractivity contribution in [2.24, 2.45) is 23.7 Å². The monoisotopic (exact) mass is 1060 g/mol. The summed E-state index contributed by atoms with van der Waals surface area (Å²) in [5.41, 5.74) is -0.952. The summed E-state index contributed by atoms with van der Waals surface area (Å²) in [7, 11) is 0. The second-order valence-electron chi connectivity index (χ2n) is 26.3. The van der Waals surface area contributed by atoms with E-state index in [4.69, 9.17) is 47.4 Å². The predicted molar refractivity (Wildman–Crippen MR) is 276 cm³/mol. The van der Waals surface area contributed by atoms with Gasteiger partial charge in [-0.2, -0.15) is 0 Å². The molecular weight excluding hydrogens is 965 g/mol. The van der Waals surface area contributed by atoms with Crippen LogP contribution < -0.4 is 0 Å². The topological polar surface area (TPSA) is 211 Å². The lowest BCUT2D eigenvalue weighted by molar-refractivity contribution is -0.369. The molecule has 0 aromatic heterocycles. The van der Waals surface area contributed by atoms with Crippen molar-refractivity contribution in [2.45, 2.75) is 297 Å². The highest BCUT2D eigenvalue weighted by atomic mass is 16.6. The molecule has 16 nitrogen and oxygen atoms in total. The minimum absolute atomic E-state index is 0.0214. The summed E-state index contributed by atoms with van der Waals surface area (Å²) in [4.78, 5) is 11.4. The molecule has 0 amide bonds. The van der Waals surface area contributed by atoms with Gasteiger partial charge in [-0.25, -0.2) is 0 Å². The summed E-state index contributed by atoms with van der Waals surface area (Å²) >= 11 is 0. The van der Waals surface area contributed by atoms with Crippen LogP contribution in [0.5, 0.6) is 0 Å². The van der Waals surface area contributed by atoms with Gasteiger partial charge in [0.15, 0.2) is 0 Å². The van der Waals surface area contributed by atoms with E-state index < -0.39 is 71.1 Å². The summed E-state index contributed by atoms with van der Waals surface area (Å²) in [5.74, 6) is -0.742. The molecule has 0 aliphatic carbocycles. The molecule has 0 aromatic carbocycles. The summed E-state index contributed by atoms with van der Waals surface area (Å²) in [6, 6.07) is 0.